The number of sulfone groups is 1. The van der Waals surface area contributed by atoms with Crippen molar-refractivity contribution in [3.05, 3.63) is 64.2 Å². The van der Waals surface area contributed by atoms with Gasteiger partial charge in [-0.05, 0) is 17.7 Å². The lowest BCUT2D eigenvalue weighted by Crippen LogP contribution is -2.15. The number of nitrogens with one attached hydrogen (secondary N) is 1. The van der Waals surface area contributed by atoms with Crippen molar-refractivity contribution in [2.75, 3.05) is 18.2 Å². The normalized spacial score (nSPS) is 12.6. The van der Waals surface area contributed by atoms with E-state index in [9.17, 15) is 23.6 Å². The van der Waals surface area contributed by atoms with Crippen LogP contribution in [-0.2, 0) is 9.84 Å². The fourth-order valence-corrected chi connectivity index (χ4v) is 2.76. The predicted octanol–water partition coefficient (Wildman–Crippen LogP) is 2.14. The van der Waals surface area contributed by atoms with E-state index in [2.05, 4.69) is 5.32 Å². The minimum absolute atomic E-state index is 0.130. The molecule has 7 nitrogen and oxygen atoms in total. The SMILES string of the molecule is CS(=O)(=O)c1ccc(N[C@H](CO)c2ccccc2)c([N+](=O)[O-])c1. The molecular formula is C15H16N2O5S. The van der Waals surface area contributed by atoms with Crippen LogP contribution in [0.1, 0.15) is 11.6 Å². The fraction of sp³-hybridized carbons (Fsp3) is 0.200. The first-order chi connectivity index (χ1) is 10.8. The van der Waals surface area contributed by atoms with Crippen molar-refractivity contribution in [3.63, 3.8) is 0 Å². The van der Waals surface area contributed by atoms with E-state index in [4.69, 9.17) is 0 Å². The lowest BCUT2D eigenvalue weighted by atomic mass is 10.1. The van der Waals surface area contributed by atoms with E-state index >= 15 is 0 Å². The zero-order valence-corrected chi connectivity index (χ0v) is 13.2. The maximum absolute atomic E-state index is 11.5. The van der Waals surface area contributed by atoms with Crippen LogP contribution in [0.5, 0.6) is 0 Å². The smallest absolute Gasteiger partial charge is 0.293 e. The number of rotatable bonds is 6. The Labute approximate surface area is 133 Å². The van der Waals surface area contributed by atoms with E-state index in [-0.39, 0.29) is 22.9 Å². The molecular weight excluding hydrogens is 320 g/mol. The zero-order valence-electron chi connectivity index (χ0n) is 12.3. The molecule has 1 atom stereocenters. The molecule has 0 saturated carbocycles. The molecule has 2 aromatic carbocycles. The third kappa shape index (κ3) is 4.05. The van der Waals surface area contributed by atoms with E-state index in [0.29, 0.717) is 0 Å². The predicted molar refractivity (Wildman–Crippen MR) is 86.1 cm³/mol. The van der Waals surface area contributed by atoms with Crippen molar-refractivity contribution in [2.24, 2.45) is 0 Å². The molecule has 122 valence electrons. The van der Waals surface area contributed by atoms with E-state index < -0.39 is 20.8 Å². The van der Waals surface area contributed by atoms with Crippen LogP contribution >= 0.6 is 0 Å². The zero-order chi connectivity index (χ0) is 17.0. The van der Waals surface area contributed by atoms with Gasteiger partial charge < -0.3 is 10.4 Å². The molecule has 23 heavy (non-hydrogen) atoms. The third-order valence-electron chi connectivity index (χ3n) is 3.31. The van der Waals surface area contributed by atoms with Crippen molar-refractivity contribution in [2.45, 2.75) is 10.9 Å². The number of benzene rings is 2. The highest BCUT2D eigenvalue weighted by Crippen LogP contribution is 2.30. The first-order valence-electron chi connectivity index (χ1n) is 6.74. The van der Waals surface area contributed by atoms with Crippen molar-refractivity contribution in [3.8, 4) is 0 Å². The highest BCUT2D eigenvalue weighted by Gasteiger charge is 2.21. The van der Waals surface area contributed by atoms with Gasteiger partial charge in [0.2, 0.25) is 0 Å². The number of aliphatic hydroxyl groups excluding tert-OH is 1. The molecule has 0 radical (unpaired) electrons. The molecule has 0 aliphatic heterocycles. The minimum atomic E-state index is -3.54. The van der Waals surface area contributed by atoms with Crippen LogP contribution in [0, 0.1) is 10.1 Å². The summed E-state index contributed by atoms with van der Waals surface area (Å²) in [5.74, 6) is 0. The van der Waals surface area contributed by atoms with Gasteiger partial charge in [0.1, 0.15) is 5.69 Å². The van der Waals surface area contributed by atoms with Crippen molar-refractivity contribution >= 4 is 21.2 Å². The van der Waals surface area contributed by atoms with Crippen LogP contribution in [0.4, 0.5) is 11.4 Å². The summed E-state index contributed by atoms with van der Waals surface area (Å²) in [5.41, 5.74) is 0.545. The first-order valence-corrected chi connectivity index (χ1v) is 8.63. The van der Waals surface area contributed by atoms with Crippen LogP contribution in [0.25, 0.3) is 0 Å². The summed E-state index contributed by atoms with van der Waals surface area (Å²) >= 11 is 0. The van der Waals surface area contributed by atoms with Gasteiger partial charge in [-0.3, -0.25) is 10.1 Å². The summed E-state index contributed by atoms with van der Waals surface area (Å²) in [4.78, 5) is 10.4. The maximum Gasteiger partial charge on any atom is 0.293 e. The van der Waals surface area contributed by atoms with E-state index in [1.807, 2.05) is 6.07 Å². The number of aliphatic hydroxyl groups is 1. The minimum Gasteiger partial charge on any atom is -0.394 e. The number of nitro benzene ring substituents is 1. The molecule has 2 rings (SSSR count). The molecule has 0 bridgehead atoms. The summed E-state index contributed by atoms with van der Waals surface area (Å²) in [6.07, 6.45) is 0.986. The molecule has 2 aromatic rings. The molecule has 0 amide bonds. The molecule has 0 fully saturated rings. The summed E-state index contributed by atoms with van der Waals surface area (Å²) in [5, 5.41) is 23.6. The van der Waals surface area contributed by atoms with Gasteiger partial charge in [0.15, 0.2) is 9.84 Å². The van der Waals surface area contributed by atoms with Gasteiger partial charge in [-0.15, -0.1) is 0 Å². The second kappa shape index (κ2) is 6.76. The van der Waals surface area contributed by atoms with Crippen LogP contribution in [0.2, 0.25) is 0 Å². The van der Waals surface area contributed by atoms with Crippen LogP contribution < -0.4 is 5.32 Å². The quantitative estimate of drug-likeness (QED) is 0.618. The molecule has 0 spiro atoms. The van der Waals surface area contributed by atoms with Crippen molar-refractivity contribution < 1.29 is 18.4 Å². The second-order valence-corrected chi connectivity index (χ2v) is 7.01. The van der Waals surface area contributed by atoms with Crippen molar-refractivity contribution in [1.29, 1.82) is 0 Å². The molecule has 0 heterocycles. The Balaban J connectivity index is 2.41. The summed E-state index contributed by atoms with van der Waals surface area (Å²) in [6, 6.07) is 12.1. The van der Waals surface area contributed by atoms with Gasteiger partial charge in [-0.1, -0.05) is 30.3 Å². The molecule has 0 saturated heterocycles. The topological polar surface area (TPSA) is 110 Å². The maximum atomic E-state index is 11.5. The second-order valence-electron chi connectivity index (χ2n) is 5.00. The van der Waals surface area contributed by atoms with E-state index in [1.165, 1.54) is 12.1 Å². The Kier molecular flexibility index (Phi) is 4.97. The molecule has 0 aliphatic carbocycles. The third-order valence-corrected chi connectivity index (χ3v) is 4.42. The first kappa shape index (κ1) is 16.9. The standard InChI is InChI=1S/C15H16N2O5S/c1-23(21,22)12-7-8-13(15(9-12)17(19)20)16-14(10-18)11-5-3-2-4-6-11/h2-9,14,16,18H,10H2,1H3/t14-/m1/s1. The highest BCUT2D eigenvalue weighted by atomic mass is 32.2. The number of nitro groups is 1. The lowest BCUT2D eigenvalue weighted by Gasteiger charge is -2.18. The van der Waals surface area contributed by atoms with Crippen LogP contribution in [0.15, 0.2) is 53.4 Å². The molecule has 0 aromatic heterocycles. The molecule has 8 heteroatoms. The average Bonchev–Trinajstić information content (AvgIpc) is 2.52. The Morgan fingerprint density at radius 3 is 2.39 bits per heavy atom. The van der Waals surface area contributed by atoms with Crippen molar-refractivity contribution in [1.82, 2.24) is 0 Å². The van der Waals surface area contributed by atoms with Gasteiger partial charge in [0.05, 0.1) is 22.5 Å². The van der Waals surface area contributed by atoms with E-state index in [0.717, 1.165) is 17.9 Å². The summed E-state index contributed by atoms with van der Waals surface area (Å²) in [7, 11) is -3.54. The molecule has 2 N–H and O–H groups in total. The van der Waals surface area contributed by atoms with Crippen LogP contribution in [0.3, 0.4) is 0 Å². The fourth-order valence-electron chi connectivity index (χ4n) is 2.12. The Bertz CT molecular complexity index is 806. The summed E-state index contributed by atoms with van der Waals surface area (Å²) < 4.78 is 23.1. The Hall–Kier alpha value is -2.45. The van der Waals surface area contributed by atoms with Gasteiger partial charge >= 0.3 is 0 Å². The number of anilines is 1. The highest BCUT2D eigenvalue weighted by molar-refractivity contribution is 7.90. The lowest BCUT2D eigenvalue weighted by molar-refractivity contribution is -0.384. The number of nitrogens with zero attached hydrogens (tertiary/aromatic N) is 1. The molecule has 0 aliphatic rings. The van der Waals surface area contributed by atoms with Crippen LogP contribution in [-0.4, -0.2) is 31.3 Å². The number of hydrogen-bond acceptors (Lipinski definition) is 6. The summed E-state index contributed by atoms with van der Waals surface area (Å²) in [6.45, 7) is -0.269. The van der Waals surface area contributed by atoms with Gasteiger partial charge in [0.25, 0.3) is 5.69 Å². The monoisotopic (exact) mass is 336 g/mol. The largest absolute Gasteiger partial charge is 0.394 e. The average molecular weight is 336 g/mol. The Morgan fingerprint density at radius 1 is 1.22 bits per heavy atom. The number of hydrogen-bond donors (Lipinski definition) is 2. The van der Waals surface area contributed by atoms with Gasteiger partial charge in [0, 0.05) is 12.3 Å². The van der Waals surface area contributed by atoms with Gasteiger partial charge in [-0.2, -0.15) is 0 Å². The molecule has 0 unspecified atom stereocenters. The van der Waals surface area contributed by atoms with E-state index in [1.54, 1.807) is 24.3 Å². The van der Waals surface area contributed by atoms with Gasteiger partial charge in [-0.25, -0.2) is 8.42 Å². The Morgan fingerprint density at radius 2 is 1.87 bits per heavy atom.